The minimum Gasteiger partial charge on any atom is -0.0893 e. The molecule has 68 valence electrons. The van der Waals surface area contributed by atoms with Gasteiger partial charge in [0.05, 0.1) is 6.54 Å². The van der Waals surface area contributed by atoms with Crippen LogP contribution in [0.15, 0.2) is 17.2 Å². The van der Waals surface area contributed by atoms with Crippen LogP contribution in [-0.2, 0) is 6.54 Å². The van der Waals surface area contributed by atoms with Crippen LogP contribution in [0.1, 0.15) is 22.3 Å². The number of benzene rings is 1. The van der Waals surface area contributed by atoms with E-state index in [4.69, 9.17) is 5.53 Å². The first kappa shape index (κ1) is 9.62. The van der Waals surface area contributed by atoms with Gasteiger partial charge in [-0.1, -0.05) is 17.2 Å². The van der Waals surface area contributed by atoms with Gasteiger partial charge in [-0.15, -0.1) is 0 Å². The Balaban J connectivity index is 3.07. The van der Waals surface area contributed by atoms with Crippen molar-refractivity contribution in [3.05, 3.63) is 44.8 Å². The van der Waals surface area contributed by atoms with E-state index in [2.05, 4.69) is 36.0 Å². The zero-order valence-corrected chi connectivity index (χ0v) is 8.20. The molecule has 0 saturated heterocycles. The monoisotopic (exact) mass is 175 g/mol. The Morgan fingerprint density at radius 3 is 2.38 bits per heavy atom. The van der Waals surface area contributed by atoms with Crippen LogP contribution in [0.3, 0.4) is 0 Å². The minimum absolute atomic E-state index is 0.448. The highest BCUT2D eigenvalue weighted by Gasteiger charge is 1.99. The number of aryl methyl sites for hydroxylation is 3. The van der Waals surface area contributed by atoms with E-state index in [0.29, 0.717) is 6.54 Å². The molecule has 1 rings (SSSR count). The third kappa shape index (κ3) is 2.23. The first-order chi connectivity index (χ1) is 6.15. The van der Waals surface area contributed by atoms with Crippen molar-refractivity contribution < 1.29 is 0 Å². The number of azide groups is 1. The first-order valence-electron chi connectivity index (χ1n) is 4.22. The van der Waals surface area contributed by atoms with Crippen LogP contribution < -0.4 is 0 Å². The van der Waals surface area contributed by atoms with E-state index >= 15 is 0 Å². The van der Waals surface area contributed by atoms with E-state index < -0.39 is 0 Å². The molecule has 0 heterocycles. The van der Waals surface area contributed by atoms with Crippen molar-refractivity contribution in [2.75, 3.05) is 0 Å². The smallest absolute Gasteiger partial charge is 0.0513 e. The molecule has 0 spiro atoms. The Bertz CT molecular complexity index is 363. The Hall–Kier alpha value is -1.47. The van der Waals surface area contributed by atoms with Gasteiger partial charge in [0, 0.05) is 4.91 Å². The van der Waals surface area contributed by atoms with Gasteiger partial charge in [-0.2, -0.15) is 0 Å². The molecule has 0 aliphatic heterocycles. The van der Waals surface area contributed by atoms with Crippen LogP contribution in [0.5, 0.6) is 0 Å². The summed E-state index contributed by atoms with van der Waals surface area (Å²) < 4.78 is 0. The van der Waals surface area contributed by atoms with Crippen molar-refractivity contribution in [3.63, 3.8) is 0 Å². The minimum atomic E-state index is 0.448. The van der Waals surface area contributed by atoms with E-state index in [1.807, 2.05) is 6.92 Å². The maximum Gasteiger partial charge on any atom is 0.0513 e. The summed E-state index contributed by atoms with van der Waals surface area (Å²) in [7, 11) is 0. The lowest BCUT2D eigenvalue weighted by molar-refractivity contribution is 1.02. The predicted molar refractivity (Wildman–Crippen MR) is 53.5 cm³/mol. The molecule has 1 aromatic rings. The molecule has 0 saturated carbocycles. The SMILES string of the molecule is Cc1cc(C)c(CN=[N+]=[N-])cc1C. The van der Waals surface area contributed by atoms with Crippen LogP contribution in [-0.4, -0.2) is 0 Å². The molecule has 13 heavy (non-hydrogen) atoms. The average molecular weight is 175 g/mol. The zero-order chi connectivity index (χ0) is 9.84. The van der Waals surface area contributed by atoms with Crippen LogP contribution in [0.2, 0.25) is 0 Å². The molecular weight excluding hydrogens is 162 g/mol. The van der Waals surface area contributed by atoms with Crippen molar-refractivity contribution >= 4 is 0 Å². The van der Waals surface area contributed by atoms with Crippen molar-refractivity contribution in [3.8, 4) is 0 Å². The highest BCUT2D eigenvalue weighted by Crippen LogP contribution is 2.15. The second kappa shape index (κ2) is 3.97. The van der Waals surface area contributed by atoms with Crippen LogP contribution in [0, 0.1) is 20.8 Å². The molecule has 3 nitrogen and oxygen atoms in total. The molecule has 1 aromatic carbocycles. The Morgan fingerprint density at radius 1 is 1.15 bits per heavy atom. The number of rotatable bonds is 2. The van der Waals surface area contributed by atoms with Crippen molar-refractivity contribution in [1.29, 1.82) is 0 Å². The first-order valence-corrected chi connectivity index (χ1v) is 4.22. The van der Waals surface area contributed by atoms with E-state index in [-0.39, 0.29) is 0 Å². The second-order valence-corrected chi connectivity index (χ2v) is 3.25. The highest BCUT2D eigenvalue weighted by molar-refractivity contribution is 5.36. The molecule has 0 aliphatic rings. The largest absolute Gasteiger partial charge is 0.0893 e. The van der Waals surface area contributed by atoms with Crippen molar-refractivity contribution in [2.45, 2.75) is 27.3 Å². The van der Waals surface area contributed by atoms with Gasteiger partial charge < -0.3 is 0 Å². The lowest BCUT2D eigenvalue weighted by Gasteiger charge is -2.06. The Labute approximate surface area is 78.0 Å². The van der Waals surface area contributed by atoms with E-state index in [1.165, 1.54) is 16.7 Å². The fourth-order valence-corrected chi connectivity index (χ4v) is 1.30. The van der Waals surface area contributed by atoms with Gasteiger partial charge in [-0.25, -0.2) is 0 Å². The third-order valence-electron chi connectivity index (χ3n) is 2.26. The van der Waals surface area contributed by atoms with Gasteiger partial charge in [0.1, 0.15) is 0 Å². The fraction of sp³-hybridized carbons (Fsp3) is 0.400. The second-order valence-electron chi connectivity index (χ2n) is 3.25. The maximum atomic E-state index is 8.20. The molecule has 0 radical (unpaired) electrons. The molecule has 0 bridgehead atoms. The summed E-state index contributed by atoms with van der Waals surface area (Å²) in [4.78, 5) is 2.75. The highest BCUT2D eigenvalue weighted by atomic mass is 15.1. The fourth-order valence-electron chi connectivity index (χ4n) is 1.30. The van der Waals surface area contributed by atoms with E-state index in [1.54, 1.807) is 0 Å². The molecule has 0 aliphatic carbocycles. The quantitative estimate of drug-likeness (QED) is 0.375. The molecule has 0 fully saturated rings. The standard InChI is InChI=1S/C10H13N3/c1-7-4-9(3)10(5-8(7)2)6-12-13-11/h4-5H,6H2,1-3H3. The molecule has 0 amide bonds. The lowest BCUT2D eigenvalue weighted by Crippen LogP contribution is -1.90. The van der Waals surface area contributed by atoms with Crippen molar-refractivity contribution in [1.82, 2.24) is 0 Å². The molecular formula is C10H13N3. The van der Waals surface area contributed by atoms with Gasteiger partial charge in [0.25, 0.3) is 0 Å². The molecule has 0 N–H and O–H groups in total. The molecule has 0 unspecified atom stereocenters. The Kier molecular flexibility index (Phi) is 2.93. The maximum absolute atomic E-state index is 8.20. The lowest BCUT2D eigenvalue weighted by atomic mass is 10.0. The summed E-state index contributed by atoms with van der Waals surface area (Å²) in [6, 6.07) is 4.21. The average Bonchev–Trinajstić information content (AvgIpc) is 2.09. The van der Waals surface area contributed by atoms with Gasteiger partial charge in [-0.05, 0) is 48.6 Å². The molecule has 0 atom stereocenters. The van der Waals surface area contributed by atoms with Crippen LogP contribution in [0.4, 0.5) is 0 Å². The summed E-state index contributed by atoms with van der Waals surface area (Å²) >= 11 is 0. The predicted octanol–water partition coefficient (Wildman–Crippen LogP) is 3.42. The molecule has 0 aromatic heterocycles. The van der Waals surface area contributed by atoms with Gasteiger partial charge in [-0.3, -0.25) is 0 Å². The van der Waals surface area contributed by atoms with Crippen LogP contribution >= 0.6 is 0 Å². The van der Waals surface area contributed by atoms with E-state index in [9.17, 15) is 0 Å². The van der Waals surface area contributed by atoms with Crippen molar-refractivity contribution in [2.24, 2.45) is 5.11 Å². The number of nitrogens with zero attached hydrogens (tertiary/aromatic N) is 3. The number of hydrogen-bond donors (Lipinski definition) is 0. The van der Waals surface area contributed by atoms with Gasteiger partial charge in [0.15, 0.2) is 0 Å². The summed E-state index contributed by atoms with van der Waals surface area (Å²) in [5, 5.41) is 3.55. The van der Waals surface area contributed by atoms with Gasteiger partial charge in [0.2, 0.25) is 0 Å². The van der Waals surface area contributed by atoms with E-state index in [0.717, 1.165) is 5.56 Å². The summed E-state index contributed by atoms with van der Waals surface area (Å²) in [6.45, 7) is 6.63. The summed E-state index contributed by atoms with van der Waals surface area (Å²) in [6.07, 6.45) is 0. The zero-order valence-electron chi connectivity index (χ0n) is 8.20. The summed E-state index contributed by atoms with van der Waals surface area (Å²) in [5.41, 5.74) is 13.0. The molecule has 3 heteroatoms. The topological polar surface area (TPSA) is 48.8 Å². The summed E-state index contributed by atoms with van der Waals surface area (Å²) in [5.74, 6) is 0. The van der Waals surface area contributed by atoms with Gasteiger partial charge >= 0.3 is 0 Å². The Morgan fingerprint density at radius 2 is 1.77 bits per heavy atom. The normalized spacial score (nSPS) is 9.46. The third-order valence-corrected chi connectivity index (χ3v) is 2.26. The van der Waals surface area contributed by atoms with Crippen LogP contribution in [0.25, 0.3) is 10.4 Å². The number of hydrogen-bond acceptors (Lipinski definition) is 1.